The van der Waals surface area contributed by atoms with Gasteiger partial charge in [0.1, 0.15) is 33.5 Å². The molecule has 0 saturated carbocycles. The van der Waals surface area contributed by atoms with Crippen molar-refractivity contribution in [3.63, 3.8) is 0 Å². The Morgan fingerprint density at radius 3 is 1.11 bits per heavy atom. The molecule has 0 unspecified atom stereocenters. The average molecular weight is 985 g/mol. The zero-order valence-corrected chi connectivity index (χ0v) is 43.2. The number of para-hydroxylation sites is 4. The number of nitrogens with zero attached hydrogens (tertiary/aromatic N) is 2. The first-order valence-electron chi connectivity index (χ1n) is 26.2. The molecule has 4 aromatic heterocycles. The fourth-order valence-corrected chi connectivity index (χ4v) is 12.0. The summed E-state index contributed by atoms with van der Waals surface area (Å²) in [7, 11) is 0. The van der Waals surface area contributed by atoms with Gasteiger partial charge in [-0.1, -0.05) is 151 Å². The summed E-state index contributed by atoms with van der Waals surface area (Å²) < 4.78 is 27.3. The third-order valence-corrected chi connectivity index (χ3v) is 15.6. The molecule has 0 aliphatic heterocycles. The van der Waals surface area contributed by atoms with E-state index in [1.165, 1.54) is 11.1 Å². The minimum atomic E-state index is -0.183. The molecular formula is C70H52N2O4. The van der Waals surface area contributed by atoms with Crippen molar-refractivity contribution >= 4 is 143 Å². The zero-order chi connectivity index (χ0) is 51.2. The lowest BCUT2D eigenvalue weighted by atomic mass is 9.84. The molecule has 0 aliphatic carbocycles. The van der Waals surface area contributed by atoms with Crippen LogP contribution in [0.25, 0.3) is 109 Å². The van der Waals surface area contributed by atoms with Gasteiger partial charge in [0.15, 0.2) is 11.2 Å². The van der Waals surface area contributed by atoms with Gasteiger partial charge in [0, 0.05) is 65.8 Å². The van der Waals surface area contributed by atoms with Crippen molar-refractivity contribution in [2.75, 3.05) is 9.80 Å². The van der Waals surface area contributed by atoms with Crippen LogP contribution in [0.4, 0.5) is 34.1 Å². The Morgan fingerprint density at radius 1 is 0.276 bits per heavy atom. The van der Waals surface area contributed by atoms with Gasteiger partial charge in [0.05, 0.1) is 11.4 Å². The SMILES string of the molecule is CC(C)(C)c1ccc2c(oc3ccccc32)c1N(c1ccccc1)c1ccc2cc3c(cc2c1)oc1ccc2oc4cc5cc(N(c6ccccc6)c6c(C(C)(C)C)ccc7c6oc6ccccc67)ccc5cc4c2c13. The van der Waals surface area contributed by atoms with Crippen molar-refractivity contribution in [1.29, 1.82) is 0 Å². The topological polar surface area (TPSA) is 59.0 Å². The summed E-state index contributed by atoms with van der Waals surface area (Å²) in [5, 5.41) is 13.0. The molecule has 0 radical (unpaired) electrons. The molecule has 0 bridgehead atoms. The van der Waals surface area contributed by atoms with Gasteiger partial charge in [-0.25, -0.2) is 0 Å². The van der Waals surface area contributed by atoms with Crippen LogP contribution in [0.5, 0.6) is 0 Å². The minimum absolute atomic E-state index is 0.183. The second-order valence-electron chi connectivity index (χ2n) is 22.5. The van der Waals surface area contributed by atoms with Crippen LogP contribution in [0.1, 0.15) is 52.7 Å². The molecule has 0 aliphatic rings. The molecule has 15 aromatic rings. The molecule has 4 heterocycles. The van der Waals surface area contributed by atoms with Crippen LogP contribution >= 0.6 is 0 Å². The first-order valence-corrected chi connectivity index (χ1v) is 26.2. The predicted octanol–water partition coefficient (Wildman–Crippen LogP) is 21.1. The zero-order valence-electron chi connectivity index (χ0n) is 43.2. The van der Waals surface area contributed by atoms with Crippen LogP contribution in [-0.4, -0.2) is 0 Å². The smallest absolute Gasteiger partial charge is 0.159 e. The van der Waals surface area contributed by atoms with Crippen LogP contribution in [0.2, 0.25) is 0 Å². The van der Waals surface area contributed by atoms with Gasteiger partial charge in [0.2, 0.25) is 0 Å². The normalized spacial score (nSPS) is 12.6. The molecule has 15 rings (SSSR count). The number of hydrogen-bond acceptors (Lipinski definition) is 6. The molecule has 366 valence electrons. The molecule has 11 aromatic carbocycles. The Kier molecular flexibility index (Phi) is 9.38. The van der Waals surface area contributed by atoms with Crippen molar-refractivity contribution < 1.29 is 17.7 Å². The predicted molar refractivity (Wildman–Crippen MR) is 317 cm³/mol. The fraction of sp³-hybridized carbons (Fsp3) is 0.114. The Bertz CT molecular complexity index is 4540. The molecule has 0 saturated heterocycles. The van der Waals surface area contributed by atoms with Crippen LogP contribution in [-0.2, 0) is 10.8 Å². The summed E-state index contributed by atoms with van der Waals surface area (Å²) in [6, 6.07) is 73.5. The van der Waals surface area contributed by atoms with Crippen LogP contribution in [0, 0.1) is 0 Å². The number of benzene rings is 11. The van der Waals surface area contributed by atoms with Gasteiger partial charge in [-0.2, -0.15) is 0 Å². The molecule has 0 spiro atoms. The van der Waals surface area contributed by atoms with Gasteiger partial charge in [0.25, 0.3) is 0 Å². The highest BCUT2D eigenvalue weighted by atomic mass is 16.3. The largest absolute Gasteiger partial charge is 0.456 e. The third-order valence-electron chi connectivity index (χ3n) is 15.6. The number of fused-ring (bicyclic) bond motifs is 15. The van der Waals surface area contributed by atoms with Gasteiger partial charge < -0.3 is 27.5 Å². The maximum absolute atomic E-state index is 6.83. The first kappa shape index (κ1) is 44.2. The molecule has 0 N–H and O–H groups in total. The number of anilines is 6. The van der Waals surface area contributed by atoms with Crippen molar-refractivity contribution in [2.45, 2.75) is 52.4 Å². The summed E-state index contributed by atoms with van der Waals surface area (Å²) in [6.45, 7) is 13.6. The molecular weight excluding hydrogens is 933 g/mol. The second-order valence-corrected chi connectivity index (χ2v) is 22.5. The minimum Gasteiger partial charge on any atom is -0.456 e. The van der Waals surface area contributed by atoms with Gasteiger partial charge in [-0.3, -0.25) is 0 Å². The summed E-state index contributed by atoms with van der Waals surface area (Å²) in [5.74, 6) is 0. The third kappa shape index (κ3) is 6.73. The quantitative estimate of drug-likeness (QED) is 0.165. The van der Waals surface area contributed by atoms with E-state index in [-0.39, 0.29) is 10.8 Å². The molecule has 0 amide bonds. The van der Waals surface area contributed by atoms with Crippen LogP contribution in [0.3, 0.4) is 0 Å². The summed E-state index contributed by atoms with van der Waals surface area (Å²) in [4.78, 5) is 4.73. The lowest BCUT2D eigenvalue weighted by Gasteiger charge is -2.32. The maximum atomic E-state index is 6.83. The van der Waals surface area contributed by atoms with Crippen molar-refractivity contribution in [3.05, 3.63) is 217 Å². The van der Waals surface area contributed by atoms with E-state index in [0.717, 1.165) is 143 Å². The maximum Gasteiger partial charge on any atom is 0.159 e. The lowest BCUT2D eigenvalue weighted by molar-refractivity contribution is 0.588. The summed E-state index contributed by atoms with van der Waals surface area (Å²) in [6.07, 6.45) is 0. The molecule has 0 atom stereocenters. The van der Waals surface area contributed by atoms with Crippen molar-refractivity contribution in [3.8, 4) is 0 Å². The van der Waals surface area contributed by atoms with Gasteiger partial charge in [-0.05, 0) is 141 Å². The standard InChI is InChI=1S/C70H52N2O4/c1-69(2,3)55-31-29-51-49-21-13-15-23-57(49)75-67(51)65(55)71(45-17-9-7-10-18-45)47-27-25-41-37-53-61(39-43(41)35-47)73-59-33-34-60-64(63(53)59)54-38-42-26-28-48(36-44(42)40-62(54)74-60)72(46-19-11-8-12-20-46)66-56(70(4,5)6)32-30-52-50-22-14-16-24-58(50)76-68(52)66/h7-40H,1-6H3. The van der Waals surface area contributed by atoms with Crippen molar-refractivity contribution in [1.82, 2.24) is 0 Å². The summed E-state index contributed by atoms with van der Waals surface area (Å²) >= 11 is 0. The Balaban J connectivity index is 0.885. The first-order chi connectivity index (χ1) is 36.9. The molecule has 76 heavy (non-hydrogen) atoms. The van der Waals surface area contributed by atoms with Gasteiger partial charge >= 0.3 is 0 Å². The average Bonchev–Trinajstić information content (AvgIpc) is 4.20. The molecule has 6 heteroatoms. The van der Waals surface area contributed by atoms with E-state index in [9.17, 15) is 0 Å². The van der Waals surface area contributed by atoms with E-state index in [1.807, 2.05) is 12.1 Å². The highest BCUT2D eigenvalue weighted by Gasteiger charge is 2.31. The van der Waals surface area contributed by atoms with E-state index in [4.69, 9.17) is 17.7 Å². The van der Waals surface area contributed by atoms with Crippen LogP contribution in [0.15, 0.2) is 224 Å². The van der Waals surface area contributed by atoms with Crippen LogP contribution < -0.4 is 9.80 Å². The van der Waals surface area contributed by atoms with E-state index >= 15 is 0 Å². The second kappa shape index (κ2) is 16.1. The summed E-state index contributed by atoms with van der Waals surface area (Å²) in [5.41, 5.74) is 15.0. The number of hydrogen-bond donors (Lipinski definition) is 0. The van der Waals surface area contributed by atoms with E-state index in [2.05, 4.69) is 245 Å². The Morgan fingerprint density at radius 2 is 0.684 bits per heavy atom. The monoisotopic (exact) mass is 984 g/mol. The Hall–Kier alpha value is -9.26. The highest BCUT2D eigenvalue weighted by molar-refractivity contribution is 6.28. The number of rotatable bonds is 6. The highest BCUT2D eigenvalue weighted by Crippen LogP contribution is 2.51. The van der Waals surface area contributed by atoms with E-state index in [0.29, 0.717) is 0 Å². The van der Waals surface area contributed by atoms with E-state index < -0.39 is 0 Å². The van der Waals surface area contributed by atoms with Crippen molar-refractivity contribution in [2.24, 2.45) is 0 Å². The Labute approximate surface area is 438 Å². The van der Waals surface area contributed by atoms with E-state index in [1.54, 1.807) is 0 Å². The molecule has 0 fully saturated rings. The number of furan rings is 4. The molecule has 6 nitrogen and oxygen atoms in total. The fourth-order valence-electron chi connectivity index (χ4n) is 12.0. The lowest BCUT2D eigenvalue weighted by Crippen LogP contribution is -2.19. The van der Waals surface area contributed by atoms with Gasteiger partial charge in [-0.15, -0.1) is 0 Å².